The van der Waals surface area contributed by atoms with Crippen LogP contribution in [0.5, 0.6) is 0 Å². The molecule has 0 N–H and O–H groups in total. The maximum atomic E-state index is 12.8. The van der Waals surface area contributed by atoms with Crippen LogP contribution in [0.1, 0.15) is 43.1 Å². The molecule has 108 valence electrons. The lowest BCUT2D eigenvalue weighted by molar-refractivity contribution is -0.0348. The third kappa shape index (κ3) is 2.12. The van der Waals surface area contributed by atoms with Gasteiger partial charge in [0.2, 0.25) is 0 Å². The van der Waals surface area contributed by atoms with E-state index in [1.54, 1.807) is 6.20 Å². The molecular weight excluding hydrogens is 250 g/mol. The molecule has 0 aromatic carbocycles. The summed E-state index contributed by atoms with van der Waals surface area (Å²) in [7, 11) is 2.19. The number of rotatable bonds is 1. The zero-order valence-electron chi connectivity index (χ0n) is 12.4. The highest BCUT2D eigenvalue weighted by molar-refractivity contribution is 5.93. The SMILES string of the molecule is CN1CCC[C@@]2(C)[C@@H]1CCCN2C(=O)c1ccccn1. The van der Waals surface area contributed by atoms with Crippen LogP contribution in [0.2, 0.25) is 0 Å². The van der Waals surface area contributed by atoms with Crippen LogP contribution in [0.4, 0.5) is 0 Å². The zero-order valence-corrected chi connectivity index (χ0v) is 12.4. The molecule has 4 heteroatoms. The minimum absolute atomic E-state index is 0.0418. The molecule has 3 rings (SSSR count). The quantitative estimate of drug-likeness (QED) is 0.787. The van der Waals surface area contributed by atoms with Crippen LogP contribution in [-0.4, -0.2) is 52.4 Å². The molecule has 1 aromatic heterocycles. The van der Waals surface area contributed by atoms with Crippen molar-refractivity contribution >= 4 is 5.91 Å². The molecule has 0 spiro atoms. The Morgan fingerprint density at radius 2 is 2.20 bits per heavy atom. The van der Waals surface area contributed by atoms with E-state index in [1.807, 2.05) is 18.2 Å². The van der Waals surface area contributed by atoms with Gasteiger partial charge in [-0.15, -0.1) is 0 Å². The standard InChI is InChI=1S/C16H23N3O/c1-16-9-6-11-18(2)14(16)8-5-12-19(16)15(20)13-7-3-4-10-17-13/h3-4,7,10,14H,5-6,8-9,11-12H2,1-2H3/t14-,16-/m0/s1. The monoisotopic (exact) mass is 273 g/mol. The normalized spacial score (nSPS) is 30.9. The van der Waals surface area contributed by atoms with Crippen molar-refractivity contribution in [2.75, 3.05) is 20.1 Å². The number of pyridine rings is 1. The van der Waals surface area contributed by atoms with Crippen molar-refractivity contribution in [3.63, 3.8) is 0 Å². The summed E-state index contributed by atoms with van der Waals surface area (Å²) in [6, 6.07) is 6.04. The number of likely N-dealkylation sites (N-methyl/N-ethyl adjacent to an activating group) is 1. The zero-order chi connectivity index (χ0) is 14.2. The number of fused-ring (bicyclic) bond motifs is 1. The summed E-state index contributed by atoms with van der Waals surface area (Å²) in [5, 5.41) is 0. The largest absolute Gasteiger partial charge is 0.330 e. The van der Waals surface area contributed by atoms with Crippen LogP contribution in [-0.2, 0) is 0 Å². The maximum absolute atomic E-state index is 12.8. The fraction of sp³-hybridized carbons (Fsp3) is 0.625. The van der Waals surface area contributed by atoms with E-state index in [9.17, 15) is 4.79 Å². The van der Waals surface area contributed by atoms with Crippen molar-refractivity contribution in [1.82, 2.24) is 14.8 Å². The lowest BCUT2D eigenvalue weighted by atomic mass is 9.76. The topological polar surface area (TPSA) is 36.4 Å². The van der Waals surface area contributed by atoms with Gasteiger partial charge >= 0.3 is 0 Å². The molecule has 0 aliphatic carbocycles. The Morgan fingerprint density at radius 1 is 1.35 bits per heavy atom. The van der Waals surface area contributed by atoms with E-state index in [0.29, 0.717) is 11.7 Å². The first-order chi connectivity index (χ1) is 9.63. The van der Waals surface area contributed by atoms with Crippen molar-refractivity contribution < 1.29 is 4.79 Å². The summed E-state index contributed by atoms with van der Waals surface area (Å²) in [6.45, 7) is 4.26. The van der Waals surface area contributed by atoms with Gasteiger partial charge in [0.05, 0.1) is 5.54 Å². The average Bonchev–Trinajstić information content (AvgIpc) is 2.47. The van der Waals surface area contributed by atoms with E-state index in [0.717, 1.165) is 32.4 Å². The molecule has 2 aliphatic rings. The number of nitrogens with zero attached hydrogens (tertiary/aromatic N) is 3. The van der Waals surface area contributed by atoms with Gasteiger partial charge in [-0.3, -0.25) is 9.78 Å². The summed E-state index contributed by atoms with van der Waals surface area (Å²) in [4.78, 5) is 21.6. The van der Waals surface area contributed by atoms with Crippen molar-refractivity contribution in [2.24, 2.45) is 0 Å². The Labute approximate surface area is 120 Å². The van der Waals surface area contributed by atoms with Gasteiger partial charge in [-0.25, -0.2) is 0 Å². The number of piperidine rings is 2. The first-order valence-corrected chi connectivity index (χ1v) is 7.56. The highest BCUT2D eigenvalue weighted by atomic mass is 16.2. The van der Waals surface area contributed by atoms with E-state index >= 15 is 0 Å². The van der Waals surface area contributed by atoms with Gasteiger partial charge in [0, 0.05) is 18.8 Å². The Bertz CT molecular complexity index is 490. The van der Waals surface area contributed by atoms with Gasteiger partial charge in [0.25, 0.3) is 5.91 Å². The molecule has 0 radical (unpaired) electrons. The minimum atomic E-state index is -0.0418. The first kappa shape index (κ1) is 13.6. The number of amides is 1. The molecule has 0 unspecified atom stereocenters. The Hall–Kier alpha value is -1.42. The third-order valence-corrected chi connectivity index (χ3v) is 5.05. The number of hydrogen-bond donors (Lipinski definition) is 0. The number of aromatic nitrogens is 1. The van der Waals surface area contributed by atoms with Crippen molar-refractivity contribution in [1.29, 1.82) is 0 Å². The average molecular weight is 273 g/mol. The van der Waals surface area contributed by atoms with Crippen LogP contribution in [0.3, 0.4) is 0 Å². The van der Waals surface area contributed by atoms with Crippen LogP contribution in [0, 0.1) is 0 Å². The second-order valence-electron chi connectivity index (χ2n) is 6.27. The van der Waals surface area contributed by atoms with Crippen molar-refractivity contribution in [3.05, 3.63) is 30.1 Å². The summed E-state index contributed by atoms with van der Waals surface area (Å²) in [5.74, 6) is 0.0908. The van der Waals surface area contributed by atoms with Gasteiger partial charge in [0.15, 0.2) is 0 Å². The fourth-order valence-corrected chi connectivity index (χ4v) is 3.99. The predicted octanol–water partition coefficient (Wildman–Crippen LogP) is 2.17. The van der Waals surface area contributed by atoms with E-state index in [1.165, 1.54) is 6.42 Å². The molecule has 0 saturated carbocycles. The minimum Gasteiger partial charge on any atom is -0.330 e. The number of hydrogen-bond acceptors (Lipinski definition) is 3. The van der Waals surface area contributed by atoms with E-state index in [4.69, 9.17) is 0 Å². The van der Waals surface area contributed by atoms with Crippen LogP contribution >= 0.6 is 0 Å². The molecule has 2 aliphatic heterocycles. The van der Waals surface area contributed by atoms with E-state index in [2.05, 4.69) is 28.8 Å². The lowest BCUT2D eigenvalue weighted by Crippen LogP contribution is -2.66. The predicted molar refractivity (Wildman–Crippen MR) is 78.6 cm³/mol. The van der Waals surface area contributed by atoms with Crippen molar-refractivity contribution in [3.8, 4) is 0 Å². The number of carbonyl (C=O) groups is 1. The summed E-state index contributed by atoms with van der Waals surface area (Å²) in [5.41, 5.74) is 0.530. The van der Waals surface area contributed by atoms with Gasteiger partial charge in [-0.1, -0.05) is 6.07 Å². The first-order valence-electron chi connectivity index (χ1n) is 7.56. The van der Waals surface area contributed by atoms with E-state index in [-0.39, 0.29) is 11.4 Å². The number of carbonyl (C=O) groups excluding carboxylic acids is 1. The third-order valence-electron chi connectivity index (χ3n) is 5.05. The molecule has 1 amide bonds. The van der Waals surface area contributed by atoms with Crippen LogP contribution in [0.15, 0.2) is 24.4 Å². The lowest BCUT2D eigenvalue weighted by Gasteiger charge is -2.55. The summed E-state index contributed by atoms with van der Waals surface area (Å²) >= 11 is 0. The van der Waals surface area contributed by atoms with Crippen LogP contribution < -0.4 is 0 Å². The molecular formula is C16H23N3O. The van der Waals surface area contributed by atoms with Crippen molar-refractivity contribution in [2.45, 2.75) is 44.2 Å². The fourth-order valence-electron chi connectivity index (χ4n) is 3.99. The molecule has 4 nitrogen and oxygen atoms in total. The second-order valence-corrected chi connectivity index (χ2v) is 6.27. The molecule has 1 aromatic rings. The summed E-state index contributed by atoms with van der Waals surface area (Å²) in [6.07, 6.45) is 6.24. The highest BCUT2D eigenvalue weighted by Crippen LogP contribution is 2.38. The smallest absolute Gasteiger partial charge is 0.272 e. The molecule has 20 heavy (non-hydrogen) atoms. The maximum Gasteiger partial charge on any atom is 0.272 e. The Kier molecular flexibility index (Phi) is 3.50. The van der Waals surface area contributed by atoms with Gasteiger partial charge in [0.1, 0.15) is 5.69 Å². The highest BCUT2D eigenvalue weighted by Gasteiger charge is 2.48. The molecule has 0 bridgehead atoms. The van der Waals surface area contributed by atoms with Gasteiger partial charge in [-0.05, 0) is 58.3 Å². The second kappa shape index (κ2) is 5.17. The molecule has 2 atom stereocenters. The number of likely N-dealkylation sites (tertiary alicyclic amines) is 2. The summed E-state index contributed by atoms with van der Waals surface area (Å²) < 4.78 is 0. The van der Waals surface area contributed by atoms with E-state index < -0.39 is 0 Å². The van der Waals surface area contributed by atoms with Crippen LogP contribution in [0.25, 0.3) is 0 Å². The molecule has 2 saturated heterocycles. The van der Waals surface area contributed by atoms with Gasteiger partial charge in [-0.2, -0.15) is 0 Å². The Balaban J connectivity index is 1.90. The molecule has 2 fully saturated rings. The Morgan fingerprint density at radius 3 is 2.95 bits per heavy atom. The van der Waals surface area contributed by atoms with Gasteiger partial charge < -0.3 is 9.80 Å². The molecule has 3 heterocycles.